The van der Waals surface area contributed by atoms with Gasteiger partial charge >= 0.3 is 0 Å². The molecule has 2 aromatic rings. The molecule has 10 heteroatoms. The van der Waals surface area contributed by atoms with Crippen molar-refractivity contribution in [1.29, 1.82) is 0 Å². The molecule has 0 bridgehead atoms. The minimum absolute atomic E-state index is 0.115. The number of aliphatic hydroxyl groups excluding tert-OH is 1. The first-order valence-electron chi connectivity index (χ1n) is 13.8. The molecule has 1 aromatic heterocycles. The predicted molar refractivity (Wildman–Crippen MR) is 160 cm³/mol. The number of pyridine rings is 1. The molecule has 0 saturated heterocycles. The van der Waals surface area contributed by atoms with E-state index in [4.69, 9.17) is 4.74 Å². The zero-order valence-corrected chi connectivity index (χ0v) is 24.7. The topological polar surface area (TPSA) is 108 Å². The van der Waals surface area contributed by atoms with E-state index in [9.17, 15) is 19.1 Å². The highest BCUT2D eigenvalue weighted by Gasteiger charge is 2.20. The van der Waals surface area contributed by atoms with Gasteiger partial charge in [-0.25, -0.2) is 4.39 Å². The number of aliphatic imine (C=N–C) groups is 1. The van der Waals surface area contributed by atoms with Crippen LogP contribution in [0.1, 0.15) is 68.7 Å². The molecular formula is C30H46FN5O4. The molecule has 1 heterocycles. The maximum absolute atomic E-state index is 13.2. The lowest BCUT2D eigenvalue weighted by atomic mass is 10.1. The summed E-state index contributed by atoms with van der Waals surface area (Å²) < 4.78 is 20.4. The summed E-state index contributed by atoms with van der Waals surface area (Å²) >= 11 is 0. The Morgan fingerprint density at radius 1 is 1.25 bits per heavy atom. The molecule has 0 aliphatic rings. The first-order chi connectivity index (χ1) is 19.3. The highest BCUT2D eigenvalue weighted by Crippen LogP contribution is 2.12. The van der Waals surface area contributed by atoms with Crippen molar-refractivity contribution in [1.82, 2.24) is 15.3 Å². The Morgan fingerprint density at radius 2 is 1.95 bits per heavy atom. The molecule has 3 N–H and O–H groups in total. The molecule has 1 atom stereocenters. The lowest BCUT2D eigenvalue weighted by Crippen LogP contribution is -2.41. The van der Waals surface area contributed by atoms with E-state index in [0.29, 0.717) is 44.8 Å². The van der Waals surface area contributed by atoms with E-state index < -0.39 is 6.04 Å². The first kappa shape index (κ1) is 34.7. The van der Waals surface area contributed by atoms with E-state index in [0.717, 1.165) is 5.56 Å². The fraction of sp³-hybridized carbons (Fsp3) is 0.500. The van der Waals surface area contributed by atoms with E-state index in [1.54, 1.807) is 41.3 Å². The third kappa shape index (κ3) is 12.2. The molecule has 9 nitrogen and oxygen atoms in total. The van der Waals surface area contributed by atoms with Crippen molar-refractivity contribution < 1.29 is 19.0 Å². The molecule has 1 amide bonds. The van der Waals surface area contributed by atoms with E-state index >= 15 is 0 Å². The van der Waals surface area contributed by atoms with Crippen molar-refractivity contribution >= 4 is 12.1 Å². The van der Waals surface area contributed by atoms with Crippen molar-refractivity contribution in [3.05, 3.63) is 81.5 Å². The van der Waals surface area contributed by atoms with Gasteiger partial charge in [0.05, 0.1) is 31.8 Å². The molecule has 1 aromatic carbocycles. The van der Waals surface area contributed by atoms with Gasteiger partial charge in [0.1, 0.15) is 11.5 Å². The molecule has 0 spiro atoms. The number of aromatic nitrogens is 1. The largest absolute Gasteiger partial charge is 0.394 e. The van der Waals surface area contributed by atoms with E-state index in [2.05, 4.69) is 15.6 Å². The minimum atomic E-state index is -0.690. The number of amides is 1. The zero-order valence-electron chi connectivity index (χ0n) is 24.7. The normalized spacial score (nSPS) is 12.0. The summed E-state index contributed by atoms with van der Waals surface area (Å²) in [5.41, 5.74) is 0.915. The molecule has 1 unspecified atom stereocenters. The van der Waals surface area contributed by atoms with Crippen molar-refractivity contribution in [2.24, 2.45) is 4.99 Å². The Labute approximate surface area is 237 Å². The van der Waals surface area contributed by atoms with E-state index in [1.807, 2.05) is 46.8 Å². The number of ether oxygens (including phenoxy) is 1. The second kappa shape index (κ2) is 19.7. The number of halogens is 1. The van der Waals surface area contributed by atoms with Gasteiger partial charge < -0.3 is 25.5 Å². The van der Waals surface area contributed by atoms with Gasteiger partial charge in [-0.2, -0.15) is 0 Å². The van der Waals surface area contributed by atoms with Crippen LogP contribution in [0.15, 0.2) is 58.5 Å². The molecule has 40 heavy (non-hydrogen) atoms. The molecule has 0 aliphatic carbocycles. The van der Waals surface area contributed by atoms with Crippen molar-refractivity contribution in [3.63, 3.8) is 0 Å². The van der Waals surface area contributed by atoms with Gasteiger partial charge in [0.15, 0.2) is 5.43 Å². The number of carbonyl (C=O) groups excluding carboxylic acids is 1. The fourth-order valence-corrected chi connectivity index (χ4v) is 3.58. The zero-order chi connectivity index (χ0) is 29.9. The number of hydrogen-bond donors (Lipinski definition) is 3. The van der Waals surface area contributed by atoms with Gasteiger partial charge in [0.25, 0.3) is 5.91 Å². The lowest BCUT2D eigenvalue weighted by molar-refractivity contribution is 0.0756. The summed E-state index contributed by atoms with van der Waals surface area (Å²) in [5.74, 6) is -0.725. The fourth-order valence-electron chi connectivity index (χ4n) is 3.58. The Hall–Kier alpha value is -3.34. The number of nitrogens with zero attached hydrogens (tertiary/aromatic N) is 3. The number of nitrogens with one attached hydrogen (secondary N) is 2. The standard InChI is InChI=1S/C28H40FN5O4.C2H6/c1-5-6-12-30-14-15-33(4)34-19-24(25(20-35)32-18-22-8-10-23(29)11-9-22)27(36)17-26(34)28(37)31-13-7-16-38-21(2)3;1-2/h5-6,8-12,17,19,21,25,32,35H,7,13-16,18,20H2,1-4H3,(H,31,37);1-2H3/b6-5-,30-12?;. The number of benzene rings is 1. The van der Waals surface area contributed by atoms with Crippen LogP contribution in [0.25, 0.3) is 0 Å². The quantitative estimate of drug-likeness (QED) is 0.214. The van der Waals surface area contributed by atoms with Crippen LogP contribution in [0.3, 0.4) is 0 Å². The van der Waals surface area contributed by atoms with Gasteiger partial charge in [0.2, 0.25) is 0 Å². The summed E-state index contributed by atoms with van der Waals surface area (Å²) in [5, 5.41) is 17.9. The van der Waals surface area contributed by atoms with Crippen LogP contribution >= 0.6 is 0 Å². The Bertz CT molecular complexity index is 1120. The van der Waals surface area contributed by atoms with Gasteiger partial charge in [-0.05, 0) is 51.0 Å². The molecule has 0 aliphatic heterocycles. The summed E-state index contributed by atoms with van der Waals surface area (Å²) in [4.78, 5) is 30.5. The molecule has 0 radical (unpaired) electrons. The van der Waals surface area contributed by atoms with Crippen molar-refractivity contribution in [2.75, 3.05) is 44.9 Å². The van der Waals surface area contributed by atoms with E-state index in [-0.39, 0.29) is 35.6 Å². The summed E-state index contributed by atoms with van der Waals surface area (Å²) in [6.45, 7) is 11.7. The van der Waals surface area contributed by atoms with Crippen molar-refractivity contribution in [2.45, 2.75) is 59.7 Å². The Morgan fingerprint density at radius 3 is 2.58 bits per heavy atom. The minimum Gasteiger partial charge on any atom is -0.394 e. The number of allylic oxidation sites excluding steroid dienone is 2. The maximum atomic E-state index is 13.2. The molecule has 0 fully saturated rings. The van der Waals surface area contributed by atoms with Crippen LogP contribution < -0.4 is 21.1 Å². The average molecular weight is 560 g/mol. The monoisotopic (exact) mass is 559 g/mol. The van der Waals surface area contributed by atoms with Gasteiger partial charge in [-0.3, -0.25) is 19.3 Å². The summed E-state index contributed by atoms with van der Waals surface area (Å²) in [6.07, 6.45) is 7.75. The third-order valence-electron chi connectivity index (χ3n) is 5.68. The van der Waals surface area contributed by atoms with Crippen LogP contribution in [-0.4, -0.2) is 67.9 Å². The first-order valence-corrected chi connectivity index (χ1v) is 13.8. The average Bonchev–Trinajstić information content (AvgIpc) is 2.95. The summed E-state index contributed by atoms with van der Waals surface area (Å²) in [6, 6.07) is 6.58. The SMILES string of the molecule is C/C=C\C=NCCN(C)n1cc(C(CO)NCc2ccc(F)cc2)c(=O)cc1C(=O)NCCCOC(C)C.CC. The molecule has 222 valence electrons. The Balaban J connectivity index is 0.00000391. The van der Waals surface area contributed by atoms with Crippen LogP contribution in [0.2, 0.25) is 0 Å². The highest BCUT2D eigenvalue weighted by molar-refractivity contribution is 5.92. The molecule has 0 saturated carbocycles. The van der Waals surface area contributed by atoms with Crippen LogP contribution in [0.4, 0.5) is 4.39 Å². The third-order valence-corrected chi connectivity index (χ3v) is 5.68. The lowest BCUT2D eigenvalue weighted by Gasteiger charge is -2.27. The second-order valence-corrected chi connectivity index (χ2v) is 9.06. The summed E-state index contributed by atoms with van der Waals surface area (Å²) in [7, 11) is 1.80. The Kier molecular flexibility index (Phi) is 17.1. The van der Waals surface area contributed by atoms with Gasteiger partial charge in [0, 0.05) is 50.8 Å². The molecule has 2 rings (SSSR count). The second-order valence-electron chi connectivity index (χ2n) is 9.06. The smallest absolute Gasteiger partial charge is 0.269 e. The highest BCUT2D eigenvalue weighted by atomic mass is 19.1. The number of rotatable bonds is 16. The van der Waals surface area contributed by atoms with Crippen molar-refractivity contribution in [3.8, 4) is 0 Å². The number of hydrogen-bond acceptors (Lipinski definition) is 7. The maximum Gasteiger partial charge on any atom is 0.269 e. The molecular weight excluding hydrogens is 513 g/mol. The number of aliphatic hydroxyl groups is 1. The van der Waals surface area contributed by atoms with E-state index in [1.165, 1.54) is 18.2 Å². The number of carbonyl (C=O) groups is 1. The van der Waals surface area contributed by atoms with Crippen LogP contribution in [-0.2, 0) is 11.3 Å². The number of likely N-dealkylation sites (N-methyl/N-ethyl adjacent to an activating group) is 1. The van der Waals surface area contributed by atoms with Gasteiger partial charge in [-0.15, -0.1) is 0 Å². The van der Waals surface area contributed by atoms with Crippen LogP contribution in [0, 0.1) is 5.82 Å². The van der Waals surface area contributed by atoms with Crippen LogP contribution in [0.5, 0.6) is 0 Å². The van der Waals surface area contributed by atoms with Gasteiger partial charge in [-0.1, -0.05) is 32.1 Å². The predicted octanol–water partition coefficient (Wildman–Crippen LogP) is 3.60.